The van der Waals surface area contributed by atoms with Gasteiger partial charge in [-0.05, 0) is 17.9 Å². The summed E-state index contributed by atoms with van der Waals surface area (Å²) in [6.45, 7) is 4.22. The largest absolute Gasteiger partial charge is 0.356 e. The zero-order valence-electron chi connectivity index (χ0n) is 12.4. The van der Waals surface area contributed by atoms with Crippen LogP contribution in [-0.4, -0.2) is 19.8 Å². The third-order valence-corrected chi connectivity index (χ3v) is 3.90. The summed E-state index contributed by atoms with van der Waals surface area (Å²) in [5.41, 5.74) is 2.63. The molecule has 1 atom stereocenters. The normalized spacial score (nSPS) is 13.3. The summed E-state index contributed by atoms with van der Waals surface area (Å²) in [4.78, 5) is 0. The van der Waals surface area contributed by atoms with Gasteiger partial charge < -0.3 is 4.52 Å². The van der Waals surface area contributed by atoms with Crippen LogP contribution in [-0.2, 0) is 20.9 Å². The van der Waals surface area contributed by atoms with Crippen LogP contribution in [0.3, 0.4) is 0 Å². The maximum absolute atomic E-state index is 10.9. The first-order chi connectivity index (χ1) is 9.89. The molecule has 0 fully saturated rings. The van der Waals surface area contributed by atoms with Crippen LogP contribution in [0.2, 0.25) is 0 Å². The summed E-state index contributed by atoms with van der Waals surface area (Å²) in [6.07, 6.45) is 2.09. The smallest absolute Gasteiger partial charge is 0.264 e. The van der Waals surface area contributed by atoms with Crippen molar-refractivity contribution in [3.8, 4) is 11.3 Å². The van der Waals surface area contributed by atoms with E-state index in [1.807, 2.05) is 12.1 Å². The summed E-state index contributed by atoms with van der Waals surface area (Å²) in [5, 5.41) is 3.80. The highest BCUT2D eigenvalue weighted by Crippen LogP contribution is 2.25. The van der Waals surface area contributed by atoms with Crippen LogP contribution in [0.15, 0.2) is 34.9 Å². The molecule has 2 aromatic rings. The Morgan fingerprint density at radius 1 is 1.29 bits per heavy atom. The third kappa shape index (κ3) is 4.41. The van der Waals surface area contributed by atoms with Crippen LogP contribution >= 0.6 is 0 Å². The van der Waals surface area contributed by atoms with E-state index in [4.69, 9.17) is 4.52 Å². The highest BCUT2D eigenvalue weighted by Gasteiger charge is 2.10. The van der Waals surface area contributed by atoms with Crippen molar-refractivity contribution < 1.29 is 17.1 Å². The van der Waals surface area contributed by atoms with Crippen LogP contribution in [0.4, 0.5) is 0 Å². The molecular formula is C15H19NO4S. The van der Waals surface area contributed by atoms with Crippen molar-refractivity contribution in [3.63, 3.8) is 0 Å². The molecule has 0 radical (unpaired) electrons. The quantitative estimate of drug-likeness (QED) is 0.765. The molecular weight excluding hydrogens is 290 g/mol. The monoisotopic (exact) mass is 309 g/mol. The molecule has 1 aromatic carbocycles. The summed E-state index contributed by atoms with van der Waals surface area (Å²) in [5.74, 6) is 1.12. The minimum Gasteiger partial charge on any atom is -0.356 e. The number of nitrogens with zero attached hydrogens (tertiary/aromatic N) is 1. The minimum absolute atomic E-state index is 0.118. The van der Waals surface area contributed by atoms with Crippen molar-refractivity contribution in [2.45, 2.75) is 32.8 Å². The van der Waals surface area contributed by atoms with Crippen molar-refractivity contribution >= 4 is 10.1 Å². The number of rotatable bonds is 6. The molecule has 1 aromatic heterocycles. The fourth-order valence-corrected chi connectivity index (χ4v) is 2.23. The fraction of sp³-hybridized carbons (Fsp3) is 0.400. The molecule has 0 amide bonds. The van der Waals surface area contributed by atoms with E-state index in [2.05, 4.69) is 35.3 Å². The average Bonchev–Trinajstić information content (AvgIpc) is 2.93. The molecule has 0 bridgehead atoms. The Hall–Kier alpha value is -1.66. The number of benzene rings is 1. The second-order valence-electron chi connectivity index (χ2n) is 5.08. The molecule has 21 heavy (non-hydrogen) atoms. The van der Waals surface area contributed by atoms with Gasteiger partial charge in [0.05, 0.1) is 6.26 Å². The molecule has 5 nitrogen and oxygen atoms in total. The Morgan fingerprint density at radius 3 is 2.52 bits per heavy atom. The van der Waals surface area contributed by atoms with Gasteiger partial charge in [-0.2, -0.15) is 8.42 Å². The minimum atomic E-state index is -3.48. The van der Waals surface area contributed by atoms with Crippen LogP contribution < -0.4 is 0 Å². The Labute approximate surface area is 125 Å². The maximum Gasteiger partial charge on any atom is 0.264 e. The molecule has 1 heterocycles. The van der Waals surface area contributed by atoms with Gasteiger partial charge in [0.2, 0.25) is 0 Å². The Morgan fingerprint density at radius 2 is 1.95 bits per heavy atom. The standard InChI is InChI=1S/C15H19NO4S/c1-4-11(2)12-5-7-13(8-6-12)15-9-14(16-20-15)10-19-21(3,17)18/h5-9,11H,4,10H2,1-3H3. The third-order valence-electron chi connectivity index (χ3n) is 3.36. The first-order valence-electron chi connectivity index (χ1n) is 6.79. The molecule has 6 heteroatoms. The van der Waals surface area contributed by atoms with E-state index in [1.54, 1.807) is 6.07 Å². The van der Waals surface area contributed by atoms with E-state index in [0.717, 1.165) is 18.2 Å². The van der Waals surface area contributed by atoms with Gasteiger partial charge >= 0.3 is 0 Å². The molecule has 114 valence electrons. The van der Waals surface area contributed by atoms with Crippen LogP contribution in [0.25, 0.3) is 11.3 Å². The zero-order chi connectivity index (χ0) is 15.5. The van der Waals surface area contributed by atoms with Gasteiger partial charge in [-0.15, -0.1) is 0 Å². The second kappa shape index (κ2) is 6.41. The van der Waals surface area contributed by atoms with Crippen molar-refractivity contribution in [2.24, 2.45) is 0 Å². The van der Waals surface area contributed by atoms with Crippen molar-refractivity contribution in [1.82, 2.24) is 5.16 Å². The molecule has 0 spiro atoms. The van der Waals surface area contributed by atoms with E-state index in [-0.39, 0.29) is 6.61 Å². The lowest BCUT2D eigenvalue weighted by Gasteiger charge is -2.08. The predicted molar refractivity (Wildman–Crippen MR) is 80.3 cm³/mol. The number of aromatic nitrogens is 1. The number of hydrogen-bond donors (Lipinski definition) is 0. The van der Waals surface area contributed by atoms with Crippen molar-refractivity contribution in [2.75, 3.05) is 6.26 Å². The Bertz CT molecular complexity index is 689. The number of hydrogen-bond acceptors (Lipinski definition) is 5. The Balaban J connectivity index is 2.10. The van der Waals surface area contributed by atoms with Gasteiger partial charge in [0.1, 0.15) is 12.3 Å². The molecule has 0 aliphatic carbocycles. The maximum atomic E-state index is 10.9. The lowest BCUT2D eigenvalue weighted by molar-refractivity contribution is 0.296. The van der Waals surface area contributed by atoms with E-state index in [9.17, 15) is 8.42 Å². The Kier molecular flexibility index (Phi) is 4.80. The highest BCUT2D eigenvalue weighted by molar-refractivity contribution is 7.85. The van der Waals surface area contributed by atoms with Crippen LogP contribution in [0.1, 0.15) is 37.4 Å². The van der Waals surface area contributed by atoms with Gasteiger partial charge in [0.15, 0.2) is 5.76 Å². The lowest BCUT2D eigenvalue weighted by atomic mass is 9.97. The second-order valence-corrected chi connectivity index (χ2v) is 6.72. The van der Waals surface area contributed by atoms with Gasteiger partial charge in [-0.3, -0.25) is 4.18 Å². The molecule has 0 saturated heterocycles. The summed E-state index contributed by atoms with van der Waals surface area (Å²) >= 11 is 0. The van der Waals surface area contributed by atoms with Gasteiger partial charge in [-0.25, -0.2) is 0 Å². The van der Waals surface area contributed by atoms with E-state index in [0.29, 0.717) is 17.4 Å². The van der Waals surface area contributed by atoms with E-state index in [1.165, 1.54) is 5.56 Å². The lowest BCUT2D eigenvalue weighted by Crippen LogP contribution is -2.02. The average molecular weight is 309 g/mol. The highest BCUT2D eigenvalue weighted by atomic mass is 32.2. The first kappa shape index (κ1) is 15.7. The van der Waals surface area contributed by atoms with Crippen LogP contribution in [0, 0.1) is 0 Å². The van der Waals surface area contributed by atoms with Gasteiger partial charge in [-0.1, -0.05) is 43.3 Å². The fourth-order valence-electron chi connectivity index (χ4n) is 1.89. The topological polar surface area (TPSA) is 69.4 Å². The molecule has 1 unspecified atom stereocenters. The van der Waals surface area contributed by atoms with E-state index >= 15 is 0 Å². The predicted octanol–water partition coefficient (Wildman–Crippen LogP) is 3.33. The molecule has 2 rings (SSSR count). The molecule has 0 aliphatic heterocycles. The zero-order valence-corrected chi connectivity index (χ0v) is 13.2. The van der Waals surface area contributed by atoms with Gasteiger partial charge in [0, 0.05) is 11.6 Å². The first-order valence-corrected chi connectivity index (χ1v) is 8.61. The van der Waals surface area contributed by atoms with Gasteiger partial charge in [0.25, 0.3) is 10.1 Å². The molecule has 0 aliphatic rings. The summed E-state index contributed by atoms with van der Waals surface area (Å²) in [7, 11) is -3.48. The molecule has 0 saturated carbocycles. The molecule has 0 N–H and O–H groups in total. The van der Waals surface area contributed by atoms with E-state index < -0.39 is 10.1 Å². The van der Waals surface area contributed by atoms with Crippen molar-refractivity contribution in [1.29, 1.82) is 0 Å². The summed E-state index contributed by atoms with van der Waals surface area (Å²) in [6, 6.07) is 9.77. The summed E-state index contributed by atoms with van der Waals surface area (Å²) < 4.78 is 31.8. The van der Waals surface area contributed by atoms with Crippen LogP contribution in [0.5, 0.6) is 0 Å². The SMILES string of the molecule is CCC(C)c1ccc(-c2cc(COS(C)(=O)=O)no2)cc1. The van der Waals surface area contributed by atoms with Crippen molar-refractivity contribution in [3.05, 3.63) is 41.6 Å².